The van der Waals surface area contributed by atoms with E-state index in [1.807, 2.05) is 30.3 Å². The maximum atomic E-state index is 9.20. The molecule has 0 aliphatic carbocycles. The topological polar surface area (TPSA) is 54.2 Å². The van der Waals surface area contributed by atoms with Gasteiger partial charge in [-0.1, -0.05) is 6.08 Å². The third-order valence-electron chi connectivity index (χ3n) is 3.04. The molecule has 2 aromatic carbocycles. The zero-order chi connectivity index (χ0) is 15.6. The summed E-state index contributed by atoms with van der Waals surface area (Å²) in [5.41, 5.74) is 1.45. The van der Waals surface area contributed by atoms with Gasteiger partial charge < -0.3 is 9.84 Å². The molecule has 4 heteroatoms. The molecular weight excluding hydrogens is 276 g/mol. The highest BCUT2D eigenvalue weighted by atomic mass is 16.5. The van der Waals surface area contributed by atoms with Gasteiger partial charge in [-0.3, -0.25) is 0 Å². The van der Waals surface area contributed by atoms with Crippen LogP contribution in [0.4, 0.5) is 11.4 Å². The zero-order valence-electron chi connectivity index (χ0n) is 12.5. The second kappa shape index (κ2) is 8.62. The minimum absolute atomic E-state index is 0.216. The van der Waals surface area contributed by atoms with Gasteiger partial charge in [0.1, 0.15) is 11.5 Å². The van der Waals surface area contributed by atoms with Gasteiger partial charge in [-0.25, -0.2) is 0 Å². The fourth-order valence-electron chi connectivity index (χ4n) is 1.82. The van der Waals surface area contributed by atoms with E-state index in [2.05, 4.69) is 16.8 Å². The Morgan fingerprint density at radius 1 is 0.909 bits per heavy atom. The van der Waals surface area contributed by atoms with Crippen molar-refractivity contribution < 1.29 is 9.84 Å². The van der Waals surface area contributed by atoms with E-state index in [4.69, 9.17) is 4.74 Å². The van der Waals surface area contributed by atoms with Crippen LogP contribution in [0.15, 0.2) is 71.4 Å². The molecule has 0 fully saturated rings. The fraction of sp³-hybridized carbons (Fsp3) is 0.222. The molecule has 0 aliphatic rings. The first-order valence-corrected chi connectivity index (χ1v) is 7.32. The number of hydrogen-bond acceptors (Lipinski definition) is 4. The third kappa shape index (κ3) is 5.40. The van der Waals surface area contributed by atoms with Gasteiger partial charge in [0.2, 0.25) is 0 Å². The van der Waals surface area contributed by atoms with Gasteiger partial charge >= 0.3 is 0 Å². The van der Waals surface area contributed by atoms with Crippen molar-refractivity contribution in [2.24, 2.45) is 10.2 Å². The summed E-state index contributed by atoms with van der Waals surface area (Å²) in [6.45, 7) is 4.41. The minimum Gasteiger partial charge on any atom is -0.508 e. The highest BCUT2D eigenvalue weighted by Gasteiger charge is 1.95. The highest BCUT2D eigenvalue weighted by molar-refractivity contribution is 5.43. The Bertz CT molecular complexity index is 604. The van der Waals surface area contributed by atoms with Crippen molar-refractivity contribution in [3.8, 4) is 11.5 Å². The van der Waals surface area contributed by atoms with Gasteiger partial charge in [0.25, 0.3) is 0 Å². The van der Waals surface area contributed by atoms with E-state index in [-0.39, 0.29) is 5.75 Å². The number of allylic oxidation sites excluding steroid dienone is 1. The number of nitrogens with zero attached hydrogens (tertiary/aromatic N) is 2. The van der Waals surface area contributed by atoms with Crippen LogP contribution >= 0.6 is 0 Å². The molecule has 22 heavy (non-hydrogen) atoms. The molecule has 2 aromatic rings. The minimum atomic E-state index is 0.216. The lowest BCUT2D eigenvalue weighted by molar-refractivity contribution is 0.307. The maximum Gasteiger partial charge on any atom is 0.119 e. The Labute approximate surface area is 130 Å². The van der Waals surface area contributed by atoms with E-state index >= 15 is 0 Å². The standard InChI is InChI=1S/C18H20N2O2/c1-2-3-4-5-14-22-18-12-8-16(9-13-18)20-19-15-6-10-17(21)11-7-15/h2,6-13,21H,1,3-5,14H2. The van der Waals surface area contributed by atoms with Crippen molar-refractivity contribution in [2.45, 2.75) is 19.3 Å². The largest absolute Gasteiger partial charge is 0.508 e. The van der Waals surface area contributed by atoms with Crippen LogP contribution < -0.4 is 4.74 Å². The molecular formula is C18H20N2O2. The van der Waals surface area contributed by atoms with Gasteiger partial charge in [0.15, 0.2) is 0 Å². The van der Waals surface area contributed by atoms with E-state index in [0.717, 1.165) is 30.7 Å². The molecule has 0 saturated carbocycles. The Morgan fingerprint density at radius 2 is 1.50 bits per heavy atom. The second-order valence-electron chi connectivity index (χ2n) is 4.84. The van der Waals surface area contributed by atoms with E-state index < -0.39 is 0 Å². The summed E-state index contributed by atoms with van der Waals surface area (Å²) in [6, 6.07) is 14.1. The number of unbranched alkanes of at least 4 members (excludes halogenated alkanes) is 2. The molecule has 0 bridgehead atoms. The Hall–Kier alpha value is -2.62. The number of phenols is 1. The van der Waals surface area contributed by atoms with Crippen molar-refractivity contribution in [1.29, 1.82) is 0 Å². The molecule has 0 saturated heterocycles. The molecule has 0 atom stereocenters. The molecule has 0 amide bonds. The van der Waals surface area contributed by atoms with Crippen molar-refractivity contribution in [3.05, 3.63) is 61.2 Å². The number of azo groups is 1. The van der Waals surface area contributed by atoms with E-state index in [0.29, 0.717) is 12.3 Å². The first-order valence-electron chi connectivity index (χ1n) is 7.32. The predicted molar refractivity (Wildman–Crippen MR) is 88.3 cm³/mol. The van der Waals surface area contributed by atoms with Crippen LogP contribution in [0, 0.1) is 0 Å². The van der Waals surface area contributed by atoms with Crippen LogP contribution in [0.2, 0.25) is 0 Å². The third-order valence-corrected chi connectivity index (χ3v) is 3.04. The van der Waals surface area contributed by atoms with Crippen molar-refractivity contribution in [1.82, 2.24) is 0 Å². The summed E-state index contributed by atoms with van der Waals surface area (Å²) in [6.07, 6.45) is 5.07. The number of benzene rings is 2. The number of rotatable bonds is 8. The summed E-state index contributed by atoms with van der Waals surface area (Å²) < 4.78 is 5.65. The number of phenolic OH excluding ortho intramolecular Hbond substituents is 1. The van der Waals surface area contributed by atoms with E-state index in [1.165, 1.54) is 0 Å². The Balaban J connectivity index is 1.83. The predicted octanol–water partition coefficient (Wildman–Crippen LogP) is 5.54. The molecule has 0 radical (unpaired) electrons. The summed E-state index contributed by atoms with van der Waals surface area (Å²) in [5.74, 6) is 1.05. The molecule has 0 heterocycles. The van der Waals surface area contributed by atoms with Crippen LogP contribution in [0.1, 0.15) is 19.3 Å². The molecule has 4 nitrogen and oxygen atoms in total. The summed E-state index contributed by atoms with van der Waals surface area (Å²) >= 11 is 0. The first kappa shape index (κ1) is 15.8. The number of hydrogen-bond donors (Lipinski definition) is 1. The normalized spacial score (nSPS) is 10.7. The summed E-state index contributed by atoms with van der Waals surface area (Å²) in [4.78, 5) is 0. The summed E-state index contributed by atoms with van der Waals surface area (Å²) in [7, 11) is 0. The van der Waals surface area contributed by atoms with Gasteiger partial charge in [-0.15, -0.1) is 6.58 Å². The van der Waals surface area contributed by atoms with Crippen molar-refractivity contribution in [2.75, 3.05) is 6.61 Å². The van der Waals surface area contributed by atoms with Crippen LogP contribution in [0.25, 0.3) is 0 Å². The summed E-state index contributed by atoms with van der Waals surface area (Å²) in [5, 5.41) is 17.5. The Morgan fingerprint density at radius 3 is 2.09 bits per heavy atom. The molecule has 0 aromatic heterocycles. The van der Waals surface area contributed by atoms with E-state index in [9.17, 15) is 5.11 Å². The molecule has 1 N–H and O–H groups in total. The van der Waals surface area contributed by atoms with Crippen LogP contribution in [0.5, 0.6) is 11.5 Å². The molecule has 0 aliphatic heterocycles. The Kier molecular flexibility index (Phi) is 6.18. The van der Waals surface area contributed by atoms with Gasteiger partial charge in [0.05, 0.1) is 18.0 Å². The van der Waals surface area contributed by atoms with Gasteiger partial charge in [-0.2, -0.15) is 10.2 Å². The maximum absolute atomic E-state index is 9.20. The molecule has 0 unspecified atom stereocenters. The van der Waals surface area contributed by atoms with E-state index in [1.54, 1.807) is 24.3 Å². The SMILES string of the molecule is C=CCCCCOc1ccc(N=Nc2ccc(O)cc2)cc1. The molecule has 0 spiro atoms. The van der Waals surface area contributed by atoms with Crippen LogP contribution in [0.3, 0.4) is 0 Å². The smallest absolute Gasteiger partial charge is 0.119 e. The lowest BCUT2D eigenvalue weighted by Gasteiger charge is -2.05. The number of aromatic hydroxyl groups is 1. The van der Waals surface area contributed by atoms with Gasteiger partial charge in [-0.05, 0) is 67.8 Å². The molecule has 114 valence electrons. The van der Waals surface area contributed by atoms with Crippen LogP contribution in [-0.4, -0.2) is 11.7 Å². The molecule has 2 rings (SSSR count). The van der Waals surface area contributed by atoms with Crippen molar-refractivity contribution in [3.63, 3.8) is 0 Å². The second-order valence-corrected chi connectivity index (χ2v) is 4.84. The fourth-order valence-corrected chi connectivity index (χ4v) is 1.82. The lowest BCUT2D eigenvalue weighted by atomic mass is 10.2. The lowest BCUT2D eigenvalue weighted by Crippen LogP contribution is -1.96. The quantitative estimate of drug-likeness (QED) is 0.395. The number of ether oxygens (including phenoxy) is 1. The van der Waals surface area contributed by atoms with Crippen LogP contribution in [-0.2, 0) is 0 Å². The van der Waals surface area contributed by atoms with Crippen molar-refractivity contribution >= 4 is 11.4 Å². The highest BCUT2D eigenvalue weighted by Crippen LogP contribution is 2.22. The van der Waals surface area contributed by atoms with Gasteiger partial charge in [0, 0.05) is 0 Å². The zero-order valence-corrected chi connectivity index (χ0v) is 12.5. The average molecular weight is 296 g/mol. The first-order chi connectivity index (χ1) is 10.8. The monoisotopic (exact) mass is 296 g/mol. The average Bonchev–Trinajstić information content (AvgIpc) is 2.55.